The fraction of sp³-hybridized carbons (Fsp3) is 0.458. The number of carbonyl (C=O) groups excluding carboxylic acids is 1. The average Bonchev–Trinajstić information content (AvgIpc) is 3.17. The zero-order chi connectivity index (χ0) is 25.4. The van der Waals surface area contributed by atoms with Gasteiger partial charge in [-0.1, -0.05) is 18.2 Å². The van der Waals surface area contributed by atoms with E-state index in [1.807, 2.05) is 36.5 Å². The maximum Gasteiger partial charge on any atom is 0.490 e. The fourth-order valence-electron chi connectivity index (χ4n) is 3.80. The Kier molecular flexibility index (Phi) is 9.05. The number of aromatic nitrogens is 1. The molecule has 1 saturated heterocycles. The summed E-state index contributed by atoms with van der Waals surface area (Å²) in [6, 6.07) is 11.5. The van der Waals surface area contributed by atoms with Gasteiger partial charge >= 0.3 is 12.1 Å². The molecule has 0 saturated carbocycles. The summed E-state index contributed by atoms with van der Waals surface area (Å²) in [4.78, 5) is 28.3. The number of carbonyl (C=O) groups is 2. The first-order valence-corrected chi connectivity index (χ1v) is 11.2. The first-order chi connectivity index (χ1) is 16.6. The summed E-state index contributed by atoms with van der Waals surface area (Å²) in [5, 5.41) is 10.1. The number of para-hydroxylation sites is 1. The zero-order valence-electron chi connectivity index (χ0n) is 19.3. The number of alkyl halides is 3. The van der Waals surface area contributed by atoms with Gasteiger partial charge in [-0.3, -0.25) is 14.7 Å². The van der Waals surface area contributed by atoms with E-state index in [2.05, 4.69) is 28.2 Å². The van der Waals surface area contributed by atoms with Crippen LogP contribution < -0.4 is 10.1 Å². The second kappa shape index (κ2) is 12.0. The third-order valence-corrected chi connectivity index (χ3v) is 5.62. The molecule has 1 fully saturated rings. The molecule has 2 atom stereocenters. The van der Waals surface area contributed by atoms with Crippen LogP contribution in [0.25, 0.3) is 0 Å². The van der Waals surface area contributed by atoms with E-state index < -0.39 is 12.1 Å². The lowest BCUT2D eigenvalue weighted by atomic mass is 10.1. The van der Waals surface area contributed by atoms with Crippen molar-refractivity contribution in [2.24, 2.45) is 0 Å². The third kappa shape index (κ3) is 7.66. The number of fused-ring (bicyclic) bond motifs is 2. The predicted molar refractivity (Wildman–Crippen MR) is 120 cm³/mol. The summed E-state index contributed by atoms with van der Waals surface area (Å²) < 4.78 is 44.2. The van der Waals surface area contributed by atoms with Crippen LogP contribution in [0.15, 0.2) is 42.6 Å². The van der Waals surface area contributed by atoms with Crippen molar-refractivity contribution in [1.29, 1.82) is 0 Å². The number of ether oxygens (including phenoxy) is 2. The Balaban J connectivity index is 0.000000429. The summed E-state index contributed by atoms with van der Waals surface area (Å²) in [5.74, 6) is -2.21. The van der Waals surface area contributed by atoms with E-state index in [4.69, 9.17) is 19.4 Å². The van der Waals surface area contributed by atoms with Gasteiger partial charge < -0.3 is 19.9 Å². The number of nitrogens with one attached hydrogen (secondary N) is 1. The minimum atomic E-state index is -5.08. The fourth-order valence-corrected chi connectivity index (χ4v) is 3.80. The number of nitrogens with zero attached hydrogens (tertiary/aromatic N) is 2. The minimum Gasteiger partial charge on any atom is -0.485 e. The van der Waals surface area contributed by atoms with Gasteiger partial charge in [0.25, 0.3) is 5.91 Å². The highest BCUT2D eigenvalue weighted by Gasteiger charge is 2.38. The maximum absolute atomic E-state index is 12.5. The number of aryl methyl sites for hydroxylation is 1. The van der Waals surface area contributed by atoms with Crippen LogP contribution in [0.2, 0.25) is 0 Å². The van der Waals surface area contributed by atoms with Crippen LogP contribution in [0.5, 0.6) is 5.75 Å². The highest BCUT2D eigenvalue weighted by atomic mass is 19.4. The summed E-state index contributed by atoms with van der Waals surface area (Å²) in [6.45, 7) is 5.74. The van der Waals surface area contributed by atoms with Crippen LogP contribution in [0.3, 0.4) is 0 Å². The van der Waals surface area contributed by atoms with Gasteiger partial charge in [0.05, 0.1) is 11.3 Å². The van der Waals surface area contributed by atoms with Gasteiger partial charge in [-0.05, 0) is 43.5 Å². The maximum atomic E-state index is 12.5. The molecular formula is C24H28F3N3O5. The van der Waals surface area contributed by atoms with Crippen LogP contribution in [-0.4, -0.2) is 71.5 Å². The van der Waals surface area contributed by atoms with Crippen LogP contribution in [0.1, 0.15) is 34.5 Å². The van der Waals surface area contributed by atoms with E-state index in [9.17, 15) is 18.0 Å². The molecule has 1 aromatic carbocycles. The van der Waals surface area contributed by atoms with E-state index >= 15 is 0 Å². The first-order valence-electron chi connectivity index (χ1n) is 11.2. The first kappa shape index (κ1) is 26.4. The molecule has 11 heteroatoms. The Hall–Kier alpha value is -3.18. The van der Waals surface area contributed by atoms with E-state index in [0.29, 0.717) is 24.5 Å². The largest absolute Gasteiger partial charge is 0.490 e. The van der Waals surface area contributed by atoms with E-state index in [1.54, 1.807) is 0 Å². The molecule has 0 unspecified atom stereocenters. The van der Waals surface area contributed by atoms with Crippen LogP contribution in [0, 0.1) is 6.92 Å². The number of halogens is 3. The van der Waals surface area contributed by atoms with E-state index in [0.717, 1.165) is 38.2 Å². The molecular weight excluding hydrogens is 467 g/mol. The number of pyridine rings is 1. The second-order valence-corrected chi connectivity index (χ2v) is 8.29. The molecule has 8 nitrogen and oxygen atoms in total. The third-order valence-electron chi connectivity index (χ3n) is 5.62. The van der Waals surface area contributed by atoms with Gasteiger partial charge in [0.15, 0.2) is 0 Å². The number of aliphatic carboxylic acids is 1. The minimum absolute atomic E-state index is 0.0143. The standard InChI is InChI=1S/C22H27N3O3.C2HF3O2/c1-16-7-6-11-23-18(16)13-25-14-20-21(15-25)28-19-9-3-2-8-17(19)22(26)24-10-4-5-12-27-20;3-2(4,5)1(6)7/h2-3,6-9,11,20-21H,4-5,10,12-15H2,1H3,(H,24,26);(H,6,7)/t20-,21+;/m0./s1. The Labute approximate surface area is 201 Å². The molecule has 2 aromatic rings. The zero-order valence-corrected chi connectivity index (χ0v) is 19.3. The summed E-state index contributed by atoms with van der Waals surface area (Å²) in [6.07, 6.45) is -1.55. The number of carboxylic acids is 1. The Morgan fingerprint density at radius 2 is 1.89 bits per heavy atom. The smallest absolute Gasteiger partial charge is 0.485 e. The van der Waals surface area contributed by atoms with Crippen molar-refractivity contribution in [3.8, 4) is 5.75 Å². The number of likely N-dealkylation sites (tertiary alicyclic amines) is 1. The van der Waals surface area contributed by atoms with Crippen LogP contribution in [-0.2, 0) is 16.1 Å². The van der Waals surface area contributed by atoms with Crippen LogP contribution >= 0.6 is 0 Å². The highest BCUT2D eigenvalue weighted by molar-refractivity contribution is 5.96. The van der Waals surface area contributed by atoms with Gasteiger partial charge in [0.1, 0.15) is 18.0 Å². The summed E-state index contributed by atoms with van der Waals surface area (Å²) in [5.41, 5.74) is 2.86. The monoisotopic (exact) mass is 495 g/mol. The molecule has 1 aromatic heterocycles. The molecule has 4 rings (SSSR count). The number of hydrogen-bond donors (Lipinski definition) is 2. The van der Waals surface area contributed by atoms with Crippen molar-refractivity contribution in [2.45, 2.75) is 44.7 Å². The lowest BCUT2D eigenvalue weighted by Gasteiger charge is -2.23. The number of amides is 1. The number of carboxylic acid groups (broad SMARTS) is 1. The normalized spacial score (nSPS) is 21.1. The molecule has 0 spiro atoms. The molecule has 2 aliphatic heterocycles. The van der Waals surface area contributed by atoms with Crippen molar-refractivity contribution in [2.75, 3.05) is 26.2 Å². The van der Waals surface area contributed by atoms with E-state index in [1.165, 1.54) is 5.56 Å². The van der Waals surface area contributed by atoms with Gasteiger partial charge in [-0.15, -0.1) is 0 Å². The van der Waals surface area contributed by atoms with Gasteiger partial charge in [0.2, 0.25) is 0 Å². The van der Waals surface area contributed by atoms with Crippen LogP contribution in [0.4, 0.5) is 13.2 Å². The summed E-state index contributed by atoms with van der Waals surface area (Å²) >= 11 is 0. The molecule has 1 amide bonds. The Morgan fingerprint density at radius 1 is 1.17 bits per heavy atom. The molecule has 2 aliphatic rings. The predicted octanol–water partition coefficient (Wildman–Crippen LogP) is 3.20. The topological polar surface area (TPSA) is 101 Å². The van der Waals surface area contributed by atoms with Gasteiger partial charge in [0, 0.05) is 39.0 Å². The lowest BCUT2D eigenvalue weighted by molar-refractivity contribution is -0.192. The van der Waals surface area contributed by atoms with E-state index in [-0.39, 0.29) is 18.1 Å². The quantitative estimate of drug-likeness (QED) is 0.660. The van der Waals surface area contributed by atoms with Gasteiger partial charge in [-0.25, -0.2) is 4.79 Å². The molecule has 0 radical (unpaired) electrons. The van der Waals surface area contributed by atoms with Crippen molar-refractivity contribution in [3.63, 3.8) is 0 Å². The number of hydrogen-bond acceptors (Lipinski definition) is 6. The second-order valence-electron chi connectivity index (χ2n) is 8.29. The molecule has 2 N–H and O–H groups in total. The Bertz CT molecular complexity index is 1020. The molecule has 0 bridgehead atoms. The molecule has 0 aliphatic carbocycles. The average molecular weight is 495 g/mol. The van der Waals surface area contributed by atoms with Crippen molar-refractivity contribution in [1.82, 2.24) is 15.2 Å². The van der Waals surface area contributed by atoms with Gasteiger partial charge in [-0.2, -0.15) is 13.2 Å². The van der Waals surface area contributed by atoms with Crippen molar-refractivity contribution < 1.29 is 37.3 Å². The number of benzene rings is 1. The van der Waals surface area contributed by atoms with Crippen molar-refractivity contribution >= 4 is 11.9 Å². The highest BCUT2D eigenvalue weighted by Crippen LogP contribution is 2.26. The number of rotatable bonds is 2. The lowest BCUT2D eigenvalue weighted by Crippen LogP contribution is -2.34. The van der Waals surface area contributed by atoms with Crippen molar-refractivity contribution in [3.05, 3.63) is 59.4 Å². The molecule has 3 heterocycles. The SMILES string of the molecule is Cc1cccnc1CN1C[C@@H]2OCCCCNC(=O)c3ccccc3O[C@@H]2C1.O=C(O)C(F)(F)F. The molecule has 190 valence electrons. The molecule has 35 heavy (non-hydrogen) atoms. The summed E-state index contributed by atoms with van der Waals surface area (Å²) in [7, 11) is 0. The Morgan fingerprint density at radius 3 is 2.60 bits per heavy atom.